The molecule has 3 rings (SSSR count). The predicted molar refractivity (Wildman–Crippen MR) is 108 cm³/mol. The molecule has 31 heavy (non-hydrogen) atoms. The topological polar surface area (TPSA) is 214 Å². The highest BCUT2D eigenvalue weighted by molar-refractivity contribution is 7.87. The zero-order chi connectivity index (χ0) is 23.2. The smallest absolute Gasteiger partial charge is 0.295 e. The van der Waals surface area contributed by atoms with E-state index in [9.17, 15) is 34.4 Å². The third kappa shape index (κ3) is 4.87. The minimum Gasteiger partial charge on any atom is -0.397 e. The van der Waals surface area contributed by atoms with Crippen molar-refractivity contribution in [3.05, 3.63) is 48.5 Å². The Balaban J connectivity index is 2.25. The number of azo groups is 1. The average molecular weight is 487 g/mol. The first kappa shape index (κ1) is 22.7. The van der Waals surface area contributed by atoms with Crippen LogP contribution in [0.5, 0.6) is 0 Å². The molecular weight excluding hydrogens is 474 g/mol. The van der Waals surface area contributed by atoms with Gasteiger partial charge in [0.15, 0.2) is 0 Å². The zero-order valence-electron chi connectivity index (χ0n) is 15.1. The fourth-order valence-corrected chi connectivity index (χ4v) is 4.50. The first-order valence-electron chi connectivity index (χ1n) is 7.98. The van der Waals surface area contributed by atoms with Crippen molar-refractivity contribution in [2.24, 2.45) is 10.2 Å². The van der Waals surface area contributed by atoms with Gasteiger partial charge >= 0.3 is 0 Å². The van der Waals surface area contributed by atoms with E-state index >= 15 is 0 Å². The second kappa shape index (κ2) is 7.63. The molecule has 0 spiro atoms. The Morgan fingerprint density at radius 3 is 1.77 bits per heavy atom. The predicted octanol–water partition coefficient (Wildman–Crippen LogP) is 2.58. The van der Waals surface area contributed by atoms with E-state index < -0.39 is 40.1 Å². The van der Waals surface area contributed by atoms with Gasteiger partial charge in [0.05, 0.1) is 21.2 Å². The summed E-state index contributed by atoms with van der Waals surface area (Å²) in [5.41, 5.74) is 5.66. The van der Waals surface area contributed by atoms with Crippen LogP contribution in [-0.4, -0.2) is 38.9 Å². The van der Waals surface area contributed by atoms with Crippen LogP contribution in [0.1, 0.15) is 0 Å². The van der Waals surface area contributed by atoms with Crippen LogP contribution in [0, 0.1) is 0 Å². The highest BCUT2D eigenvalue weighted by atomic mass is 32.2. The third-order valence-corrected chi connectivity index (χ3v) is 6.61. The maximum absolute atomic E-state index is 11.9. The van der Waals surface area contributed by atoms with Gasteiger partial charge in [-0.2, -0.15) is 30.4 Å². The van der Waals surface area contributed by atoms with E-state index in [0.29, 0.717) is 6.07 Å². The first-order valence-corrected chi connectivity index (χ1v) is 12.3. The molecule has 0 heterocycles. The Labute approximate surface area is 176 Å². The van der Waals surface area contributed by atoms with E-state index in [0.717, 1.165) is 18.2 Å². The van der Waals surface area contributed by atoms with Crippen LogP contribution < -0.4 is 5.73 Å². The molecule has 3 aromatic rings. The summed E-state index contributed by atoms with van der Waals surface area (Å²) in [5, 5.41) is 7.40. The van der Waals surface area contributed by atoms with Crippen LogP contribution in [0.3, 0.4) is 0 Å². The van der Waals surface area contributed by atoms with Crippen molar-refractivity contribution in [2.45, 2.75) is 14.7 Å². The molecule has 0 aromatic heterocycles. The summed E-state index contributed by atoms with van der Waals surface area (Å²) in [4.78, 5) is -2.04. The monoisotopic (exact) mass is 487 g/mol. The molecule has 15 heteroatoms. The van der Waals surface area contributed by atoms with Gasteiger partial charge in [-0.1, -0.05) is 6.07 Å². The number of nitrogens with zero attached hydrogens (tertiary/aromatic N) is 2. The number of rotatable bonds is 5. The third-order valence-electron chi connectivity index (χ3n) is 4.03. The highest BCUT2D eigenvalue weighted by Gasteiger charge is 2.23. The molecule has 5 N–H and O–H groups in total. The van der Waals surface area contributed by atoms with Gasteiger partial charge in [0.1, 0.15) is 10.6 Å². The van der Waals surface area contributed by atoms with Crippen molar-refractivity contribution in [1.29, 1.82) is 0 Å². The molecule has 3 aromatic carbocycles. The average Bonchev–Trinajstić information content (AvgIpc) is 2.64. The highest BCUT2D eigenvalue weighted by Crippen LogP contribution is 2.39. The molecule has 12 nitrogen and oxygen atoms in total. The quantitative estimate of drug-likeness (QED) is 0.234. The van der Waals surface area contributed by atoms with E-state index in [4.69, 9.17) is 10.3 Å². The lowest BCUT2D eigenvalue weighted by Crippen LogP contribution is -2.05. The van der Waals surface area contributed by atoms with E-state index in [-0.39, 0.29) is 32.7 Å². The SMILES string of the molecule is Nc1ccc2cc(S(=O)(=O)O)cc(S(=O)(=O)O)c2c1N=Nc1ccc(S(=O)(=O)O)cc1. The minimum atomic E-state index is -4.98. The molecule has 0 fully saturated rings. The number of fused-ring (bicyclic) bond motifs is 1. The van der Waals surface area contributed by atoms with Gasteiger partial charge in [-0.15, -0.1) is 5.11 Å². The number of hydrogen-bond donors (Lipinski definition) is 4. The summed E-state index contributed by atoms with van der Waals surface area (Å²) >= 11 is 0. The van der Waals surface area contributed by atoms with Gasteiger partial charge in [-0.25, -0.2) is 0 Å². The Morgan fingerprint density at radius 2 is 1.26 bits per heavy atom. The van der Waals surface area contributed by atoms with Gasteiger partial charge in [0.25, 0.3) is 30.4 Å². The second-order valence-electron chi connectivity index (χ2n) is 6.14. The van der Waals surface area contributed by atoms with Crippen LogP contribution in [0.2, 0.25) is 0 Å². The molecule has 0 aliphatic rings. The molecule has 0 amide bonds. The summed E-state index contributed by atoms with van der Waals surface area (Å²) in [6, 6.07) is 8.55. The summed E-state index contributed by atoms with van der Waals surface area (Å²) in [6.45, 7) is 0. The number of hydrogen-bond acceptors (Lipinski definition) is 9. The summed E-state index contributed by atoms with van der Waals surface area (Å²) in [7, 11) is -14.2. The van der Waals surface area contributed by atoms with Crippen LogP contribution >= 0.6 is 0 Å². The molecule has 0 unspecified atom stereocenters. The molecule has 0 aliphatic carbocycles. The second-order valence-corrected chi connectivity index (χ2v) is 10.4. The van der Waals surface area contributed by atoms with Gasteiger partial charge in [0, 0.05) is 5.39 Å². The van der Waals surface area contributed by atoms with Gasteiger partial charge < -0.3 is 5.73 Å². The standard InChI is InChI=1S/C16H13N3O9S3/c17-13-6-1-9-7-12(30(23,24)25)8-14(31(26,27)28)15(9)16(13)19-18-10-2-4-11(5-3-10)29(20,21)22/h1-8H,17H2,(H,20,21,22)(H,23,24,25)(H,26,27,28). The molecule has 0 atom stereocenters. The molecular formula is C16H13N3O9S3. The summed E-state index contributed by atoms with van der Waals surface area (Å²) < 4.78 is 96.7. The van der Waals surface area contributed by atoms with Crippen LogP contribution in [0.25, 0.3) is 10.8 Å². The normalized spacial score (nSPS) is 13.1. The number of benzene rings is 3. The summed E-state index contributed by atoms with van der Waals surface area (Å²) in [6.07, 6.45) is 0. The molecule has 0 radical (unpaired) electrons. The maximum Gasteiger partial charge on any atom is 0.295 e. The van der Waals surface area contributed by atoms with Crippen LogP contribution in [0.4, 0.5) is 17.1 Å². The fourth-order valence-electron chi connectivity index (χ4n) is 2.65. The number of anilines is 1. The van der Waals surface area contributed by atoms with Crippen molar-refractivity contribution in [3.8, 4) is 0 Å². The van der Waals surface area contributed by atoms with Crippen molar-refractivity contribution in [1.82, 2.24) is 0 Å². The first-order chi connectivity index (χ1) is 14.2. The Kier molecular flexibility index (Phi) is 5.59. The summed E-state index contributed by atoms with van der Waals surface area (Å²) in [5.74, 6) is 0. The van der Waals surface area contributed by atoms with Crippen molar-refractivity contribution in [3.63, 3.8) is 0 Å². The molecule has 0 bridgehead atoms. The Morgan fingerprint density at radius 1 is 0.677 bits per heavy atom. The lowest BCUT2D eigenvalue weighted by atomic mass is 10.1. The van der Waals surface area contributed by atoms with Crippen molar-refractivity contribution in [2.75, 3.05) is 5.73 Å². The van der Waals surface area contributed by atoms with Crippen LogP contribution in [0.15, 0.2) is 73.4 Å². The number of nitrogen functional groups attached to an aromatic ring is 1. The van der Waals surface area contributed by atoms with Crippen LogP contribution in [-0.2, 0) is 30.4 Å². The molecule has 164 valence electrons. The number of nitrogens with two attached hydrogens (primary N) is 1. The Bertz CT molecular complexity index is 1550. The zero-order valence-corrected chi connectivity index (χ0v) is 17.6. The van der Waals surface area contributed by atoms with Gasteiger partial charge in [-0.05, 0) is 47.9 Å². The Hall–Kier alpha value is -2.95. The fraction of sp³-hybridized carbons (Fsp3) is 0. The minimum absolute atomic E-state index is 0.0346. The van der Waals surface area contributed by atoms with E-state index in [1.165, 1.54) is 24.3 Å². The van der Waals surface area contributed by atoms with Gasteiger partial charge in [-0.3, -0.25) is 13.7 Å². The van der Waals surface area contributed by atoms with Crippen molar-refractivity contribution >= 4 is 58.2 Å². The van der Waals surface area contributed by atoms with Gasteiger partial charge in [0.2, 0.25) is 0 Å². The van der Waals surface area contributed by atoms with E-state index in [2.05, 4.69) is 10.2 Å². The lowest BCUT2D eigenvalue weighted by Gasteiger charge is -2.10. The molecule has 0 aliphatic heterocycles. The maximum atomic E-state index is 11.9. The van der Waals surface area contributed by atoms with Crippen molar-refractivity contribution < 1.29 is 38.9 Å². The molecule has 0 saturated heterocycles. The molecule has 0 saturated carbocycles. The van der Waals surface area contributed by atoms with E-state index in [1.807, 2.05) is 0 Å². The largest absolute Gasteiger partial charge is 0.397 e. The van der Waals surface area contributed by atoms with E-state index in [1.54, 1.807) is 0 Å². The lowest BCUT2D eigenvalue weighted by molar-refractivity contribution is 0.479.